The fourth-order valence-corrected chi connectivity index (χ4v) is 1.94. The third-order valence-electron chi connectivity index (χ3n) is 2.24. The number of benzene rings is 1. The van der Waals surface area contributed by atoms with Crippen molar-refractivity contribution in [2.24, 2.45) is 0 Å². The molecule has 0 fully saturated rings. The summed E-state index contributed by atoms with van der Waals surface area (Å²) < 4.78 is 0. The summed E-state index contributed by atoms with van der Waals surface area (Å²) in [4.78, 5) is 11.5. The van der Waals surface area contributed by atoms with E-state index in [1.165, 1.54) is 0 Å². The molecule has 0 spiro atoms. The Bertz CT molecular complexity index is 379. The maximum absolute atomic E-state index is 11.5. The summed E-state index contributed by atoms with van der Waals surface area (Å²) in [6, 6.07) is 4.55. The van der Waals surface area contributed by atoms with Crippen LogP contribution in [-0.2, 0) is 0 Å². The van der Waals surface area contributed by atoms with E-state index in [4.69, 9.17) is 28.3 Å². The van der Waals surface area contributed by atoms with Crippen molar-refractivity contribution in [3.63, 3.8) is 0 Å². The van der Waals surface area contributed by atoms with Gasteiger partial charge in [-0.05, 0) is 37.5 Å². The molecule has 1 aromatic rings. The highest BCUT2D eigenvalue weighted by atomic mass is 35.5. The SMILES string of the molecule is O=C(NCCCCCO)Nc1cc(Cl)cc(Cl)c1. The summed E-state index contributed by atoms with van der Waals surface area (Å²) in [5.41, 5.74) is 0.556. The minimum atomic E-state index is -0.294. The first-order valence-electron chi connectivity index (χ1n) is 5.73. The number of rotatable bonds is 6. The summed E-state index contributed by atoms with van der Waals surface area (Å²) in [5.74, 6) is 0. The van der Waals surface area contributed by atoms with Crippen LogP contribution in [0.1, 0.15) is 19.3 Å². The summed E-state index contributed by atoms with van der Waals surface area (Å²) in [5, 5.41) is 14.9. The Labute approximate surface area is 116 Å². The molecule has 0 bridgehead atoms. The third kappa shape index (κ3) is 6.10. The molecule has 0 aliphatic carbocycles. The average Bonchev–Trinajstić information content (AvgIpc) is 2.27. The van der Waals surface area contributed by atoms with E-state index in [1.807, 2.05) is 0 Å². The number of aliphatic hydroxyl groups excluding tert-OH is 1. The van der Waals surface area contributed by atoms with Gasteiger partial charge in [0.25, 0.3) is 0 Å². The Morgan fingerprint density at radius 2 is 1.78 bits per heavy atom. The fourth-order valence-electron chi connectivity index (χ4n) is 1.42. The topological polar surface area (TPSA) is 61.4 Å². The minimum absolute atomic E-state index is 0.188. The minimum Gasteiger partial charge on any atom is -0.396 e. The lowest BCUT2D eigenvalue weighted by atomic mass is 10.2. The van der Waals surface area contributed by atoms with Crippen LogP contribution in [0.25, 0.3) is 0 Å². The number of carbonyl (C=O) groups excluding carboxylic acids is 1. The second-order valence-electron chi connectivity index (χ2n) is 3.82. The van der Waals surface area contributed by atoms with Gasteiger partial charge in [-0.2, -0.15) is 0 Å². The molecule has 1 rings (SSSR count). The number of hydrogen-bond acceptors (Lipinski definition) is 2. The zero-order valence-corrected chi connectivity index (χ0v) is 11.4. The zero-order chi connectivity index (χ0) is 13.4. The molecule has 4 nitrogen and oxygen atoms in total. The standard InChI is InChI=1S/C12H16Cl2N2O2/c13-9-6-10(14)8-11(7-9)16-12(18)15-4-2-1-3-5-17/h6-8,17H,1-5H2,(H2,15,16,18). The number of amides is 2. The predicted octanol–water partition coefficient (Wildman–Crippen LogP) is 3.28. The molecule has 0 aliphatic heterocycles. The monoisotopic (exact) mass is 290 g/mol. The molecule has 1 aromatic carbocycles. The van der Waals surface area contributed by atoms with Gasteiger partial charge in [0.15, 0.2) is 0 Å². The van der Waals surface area contributed by atoms with Gasteiger partial charge in [0.05, 0.1) is 0 Å². The van der Waals surface area contributed by atoms with Crippen LogP contribution in [-0.4, -0.2) is 24.3 Å². The van der Waals surface area contributed by atoms with Crippen molar-refractivity contribution in [1.82, 2.24) is 5.32 Å². The van der Waals surface area contributed by atoms with Gasteiger partial charge in [0.2, 0.25) is 0 Å². The van der Waals surface area contributed by atoms with Crippen LogP contribution in [0.2, 0.25) is 10.0 Å². The third-order valence-corrected chi connectivity index (χ3v) is 2.68. The first-order chi connectivity index (χ1) is 8.61. The lowest BCUT2D eigenvalue weighted by molar-refractivity contribution is 0.251. The Morgan fingerprint density at radius 3 is 2.39 bits per heavy atom. The van der Waals surface area contributed by atoms with Gasteiger partial charge < -0.3 is 15.7 Å². The maximum Gasteiger partial charge on any atom is 0.319 e. The highest BCUT2D eigenvalue weighted by Crippen LogP contribution is 2.22. The smallest absolute Gasteiger partial charge is 0.319 e. The van der Waals surface area contributed by atoms with Crippen molar-refractivity contribution in [3.05, 3.63) is 28.2 Å². The second kappa shape index (κ2) is 8.19. The molecule has 0 heterocycles. The van der Waals surface area contributed by atoms with E-state index < -0.39 is 0 Å². The van der Waals surface area contributed by atoms with Crippen molar-refractivity contribution >= 4 is 34.9 Å². The van der Waals surface area contributed by atoms with Gasteiger partial charge in [-0.15, -0.1) is 0 Å². The summed E-state index contributed by atoms with van der Waals surface area (Å²) in [6.45, 7) is 0.757. The van der Waals surface area contributed by atoms with Crippen LogP contribution in [0.15, 0.2) is 18.2 Å². The Hall–Kier alpha value is -0.970. The first kappa shape index (κ1) is 15.1. The van der Waals surface area contributed by atoms with Gasteiger partial charge in [-0.25, -0.2) is 4.79 Å². The van der Waals surface area contributed by atoms with Crippen molar-refractivity contribution < 1.29 is 9.90 Å². The van der Waals surface area contributed by atoms with E-state index in [2.05, 4.69) is 10.6 Å². The van der Waals surface area contributed by atoms with Gasteiger partial charge in [-0.1, -0.05) is 23.2 Å². The molecule has 0 atom stereocenters. The predicted molar refractivity (Wildman–Crippen MR) is 74.4 cm³/mol. The number of hydrogen-bond donors (Lipinski definition) is 3. The Kier molecular flexibility index (Phi) is 6.86. The number of carbonyl (C=O) groups is 1. The number of anilines is 1. The zero-order valence-electron chi connectivity index (χ0n) is 9.88. The highest BCUT2D eigenvalue weighted by molar-refractivity contribution is 6.35. The molecule has 3 N–H and O–H groups in total. The lowest BCUT2D eigenvalue weighted by Crippen LogP contribution is -2.29. The number of halogens is 2. The number of urea groups is 1. The van der Waals surface area contributed by atoms with E-state index >= 15 is 0 Å². The van der Waals surface area contributed by atoms with E-state index in [9.17, 15) is 4.79 Å². The molecular weight excluding hydrogens is 275 g/mol. The number of unbranched alkanes of at least 4 members (excludes halogenated alkanes) is 2. The summed E-state index contributed by atoms with van der Waals surface area (Å²) in [7, 11) is 0. The van der Waals surface area contributed by atoms with Gasteiger partial charge in [0.1, 0.15) is 0 Å². The van der Waals surface area contributed by atoms with Crippen molar-refractivity contribution in [2.75, 3.05) is 18.5 Å². The summed E-state index contributed by atoms with van der Waals surface area (Å²) >= 11 is 11.6. The molecular formula is C12H16Cl2N2O2. The van der Waals surface area contributed by atoms with Crippen LogP contribution in [0, 0.1) is 0 Å². The Morgan fingerprint density at radius 1 is 1.11 bits per heavy atom. The summed E-state index contributed by atoms with van der Waals surface area (Å²) in [6.07, 6.45) is 2.48. The number of nitrogens with one attached hydrogen (secondary N) is 2. The van der Waals surface area contributed by atoms with Crippen LogP contribution in [0.5, 0.6) is 0 Å². The second-order valence-corrected chi connectivity index (χ2v) is 4.70. The molecule has 6 heteroatoms. The van der Waals surface area contributed by atoms with Gasteiger partial charge >= 0.3 is 6.03 Å². The lowest BCUT2D eigenvalue weighted by Gasteiger charge is -2.08. The van der Waals surface area contributed by atoms with Crippen LogP contribution >= 0.6 is 23.2 Å². The average molecular weight is 291 g/mol. The molecule has 18 heavy (non-hydrogen) atoms. The van der Waals surface area contributed by atoms with Gasteiger partial charge in [-0.3, -0.25) is 0 Å². The van der Waals surface area contributed by atoms with E-state index in [-0.39, 0.29) is 12.6 Å². The number of aliphatic hydroxyl groups is 1. The molecule has 0 unspecified atom stereocenters. The van der Waals surface area contributed by atoms with Crippen LogP contribution in [0.4, 0.5) is 10.5 Å². The largest absolute Gasteiger partial charge is 0.396 e. The van der Waals surface area contributed by atoms with Crippen molar-refractivity contribution in [3.8, 4) is 0 Å². The fraction of sp³-hybridized carbons (Fsp3) is 0.417. The quantitative estimate of drug-likeness (QED) is 0.704. The van der Waals surface area contributed by atoms with E-state index in [0.717, 1.165) is 19.3 Å². The van der Waals surface area contributed by atoms with Crippen molar-refractivity contribution in [2.45, 2.75) is 19.3 Å². The molecule has 2 amide bonds. The molecule has 0 radical (unpaired) electrons. The molecule has 0 aliphatic rings. The van der Waals surface area contributed by atoms with E-state index in [1.54, 1.807) is 18.2 Å². The van der Waals surface area contributed by atoms with Gasteiger partial charge in [0, 0.05) is 28.9 Å². The first-order valence-corrected chi connectivity index (χ1v) is 6.49. The van der Waals surface area contributed by atoms with Crippen LogP contribution in [0.3, 0.4) is 0 Å². The van der Waals surface area contributed by atoms with Crippen LogP contribution < -0.4 is 10.6 Å². The molecule has 100 valence electrons. The van der Waals surface area contributed by atoms with E-state index in [0.29, 0.717) is 22.3 Å². The maximum atomic E-state index is 11.5. The normalized spacial score (nSPS) is 10.2. The molecule has 0 aromatic heterocycles. The molecule has 0 saturated carbocycles. The highest BCUT2D eigenvalue weighted by Gasteiger charge is 2.03. The molecule has 0 saturated heterocycles. The Balaban J connectivity index is 2.31. The van der Waals surface area contributed by atoms with Crippen molar-refractivity contribution in [1.29, 1.82) is 0 Å².